The minimum Gasteiger partial charge on any atom is -0.273 e. The number of carbonyl (C=O) groups excluding carboxylic acids is 2. The first-order valence-corrected chi connectivity index (χ1v) is 10.5. The number of hydrogen-bond donors (Lipinski definition) is 0. The van der Waals surface area contributed by atoms with E-state index in [4.69, 9.17) is 5.10 Å². The van der Waals surface area contributed by atoms with Gasteiger partial charge in [-0.15, -0.1) is 0 Å². The fraction of sp³-hybridized carbons (Fsp3) is 0.125. The predicted octanol–water partition coefficient (Wildman–Crippen LogP) is 4.54. The molecule has 6 heteroatoms. The summed E-state index contributed by atoms with van der Waals surface area (Å²) in [6.45, 7) is 1.97. The summed E-state index contributed by atoms with van der Waals surface area (Å²) in [4.78, 5) is 28.3. The minimum atomic E-state index is -0.695. The van der Waals surface area contributed by atoms with Crippen molar-refractivity contribution >= 4 is 44.8 Å². The lowest BCUT2D eigenvalue weighted by molar-refractivity contribution is -0.121. The van der Waals surface area contributed by atoms with Crippen LogP contribution in [0.3, 0.4) is 0 Å². The molecule has 5 rings (SSSR count). The van der Waals surface area contributed by atoms with Crippen molar-refractivity contribution in [1.82, 2.24) is 0 Å². The third-order valence-corrected chi connectivity index (χ3v) is 6.03. The van der Waals surface area contributed by atoms with E-state index >= 15 is 0 Å². The fourth-order valence-electron chi connectivity index (χ4n) is 4.02. The molecule has 0 N–H and O–H groups in total. The maximum Gasteiger partial charge on any atom is 0.259 e. The van der Waals surface area contributed by atoms with Crippen LogP contribution >= 0.6 is 15.9 Å². The molecule has 2 atom stereocenters. The van der Waals surface area contributed by atoms with Crippen molar-refractivity contribution in [2.24, 2.45) is 11.0 Å². The fourth-order valence-corrected chi connectivity index (χ4v) is 4.28. The van der Waals surface area contributed by atoms with Gasteiger partial charge < -0.3 is 0 Å². The summed E-state index contributed by atoms with van der Waals surface area (Å²) in [5, 5.41) is 6.44. The number of aryl methyl sites for hydroxylation is 1. The Morgan fingerprint density at radius 1 is 0.800 bits per heavy atom. The summed E-state index contributed by atoms with van der Waals surface area (Å²) in [5.74, 6) is -1.15. The van der Waals surface area contributed by atoms with Gasteiger partial charge in [-0.25, -0.2) is 4.90 Å². The number of hydrazone groups is 1. The number of nitrogens with zero attached hydrogens (tertiary/aromatic N) is 3. The summed E-state index contributed by atoms with van der Waals surface area (Å²) < 4.78 is 0.941. The number of carbonyl (C=O) groups is 2. The Morgan fingerprint density at radius 2 is 1.47 bits per heavy atom. The zero-order chi connectivity index (χ0) is 20.8. The molecule has 0 aromatic heterocycles. The smallest absolute Gasteiger partial charge is 0.259 e. The number of anilines is 2. The van der Waals surface area contributed by atoms with Crippen LogP contribution in [0.15, 0.2) is 88.4 Å². The van der Waals surface area contributed by atoms with Crippen LogP contribution in [0.5, 0.6) is 0 Å². The van der Waals surface area contributed by atoms with Crippen molar-refractivity contribution in [3.05, 3.63) is 94.5 Å². The molecule has 0 unspecified atom stereocenters. The highest BCUT2D eigenvalue weighted by atomic mass is 79.9. The second-order valence-corrected chi connectivity index (χ2v) is 8.36. The van der Waals surface area contributed by atoms with Crippen LogP contribution in [0.1, 0.15) is 11.1 Å². The Morgan fingerprint density at radius 3 is 2.13 bits per heavy atom. The van der Waals surface area contributed by atoms with Gasteiger partial charge in [-0.05, 0) is 48.9 Å². The Bertz CT molecular complexity index is 1160. The topological polar surface area (TPSA) is 53.0 Å². The molecule has 0 saturated carbocycles. The Labute approximate surface area is 182 Å². The highest BCUT2D eigenvalue weighted by Crippen LogP contribution is 2.39. The average molecular weight is 460 g/mol. The molecule has 0 radical (unpaired) electrons. The van der Waals surface area contributed by atoms with Gasteiger partial charge >= 0.3 is 0 Å². The normalized spacial score (nSPS) is 20.5. The number of rotatable bonds is 3. The summed E-state index contributed by atoms with van der Waals surface area (Å²) in [7, 11) is 0. The monoisotopic (exact) mass is 459 g/mol. The van der Waals surface area contributed by atoms with Crippen molar-refractivity contribution in [3.8, 4) is 0 Å². The minimum absolute atomic E-state index is 0.242. The number of para-hydroxylation sites is 1. The maximum atomic E-state index is 13.5. The molecule has 1 saturated heterocycles. The van der Waals surface area contributed by atoms with Crippen molar-refractivity contribution in [1.29, 1.82) is 0 Å². The van der Waals surface area contributed by atoms with E-state index in [1.54, 1.807) is 5.01 Å². The summed E-state index contributed by atoms with van der Waals surface area (Å²) in [6.07, 6.45) is 0. The standard InChI is InChI=1S/C24H18BrN3O2/c1-15-7-13-18(14-8-15)27-23(29)20-21(16-9-11-17(25)12-10-16)26-28(22(20)24(27)30)19-5-3-2-4-6-19/h2-14,20,22H,1H3/t20-,22+/m1/s1. The van der Waals surface area contributed by atoms with Crippen LogP contribution < -0.4 is 9.91 Å². The van der Waals surface area contributed by atoms with Crippen LogP contribution in [0, 0.1) is 12.8 Å². The van der Waals surface area contributed by atoms with E-state index in [1.807, 2.05) is 85.8 Å². The van der Waals surface area contributed by atoms with Crippen LogP contribution in [0.4, 0.5) is 11.4 Å². The third kappa shape index (κ3) is 2.95. The van der Waals surface area contributed by atoms with E-state index in [9.17, 15) is 9.59 Å². The number of hydrogen-bond acceptors (Lipinski definition) is 4. The van der Waals surface area contributed by atoms with Gasteiger partial charge in [0, 0.05) is 4.47 Å². The lowest BCUT2D eigenvalue weighted by atomic mass is 9.93. The molecule has 148 valence electrons. The number of halogens is 1. The zero-order valence-corrected chi connectivity index (χ0v) is 17.8. The van der Waals surface area contributed by atoms with Crippen molar-refractivity contribution in [3.63, 3.8) is 0 Å². The van der Waals surface area contributed by atoms with Crippen LogP contribution in [-0.4, -0.2) is 23.6 Å². The number of fused-ring (bicyclic) bond motifs is 1. The lowest BCUT2D eigenvalue weighted by Gasteiger charge is -2.22. The second kappa shape index (κ2) is 7.22. The van der Waals surface area contributed by atoms with E-state index in [1.165, 1.54) is 4.90 Å². The molecule has 2 aliphatic heterocycles. The summed E-state index contributed by atoms with van der Waals surface area (Å²) >= 11 is 3.45. The van der Waals surface area contributed by atoms with Gasteiger partial charge in [0.05, 0.1) is 17.1 Å². The Kier molecular flexibility index (Phi) is 4.51. The molecular weight excluding hydrogens is 442 g/mol. The maximum absolute atomic E-state index is 13.5. The molecule has 0 spiro atoms. The van der Waals surface area contributed by atoms with E-state index in [0.717, 1.165) is 21.3 Å². The zero-order valence-electron chi connectivity index (χ0n) is 16.2. The van der Waals surface area contributed by atoms with Gasteiger partial charge in [0.15, 0.2) is 0 Å². The van der Waals surface area contributed by atoms with Crippen molar-refractivity contribution in [2.45, 2.75) is 13.0 Å². The molecule has 30 heavy (non-hydrogen) atoms. The highest BCUT2D eigenvalue weighted by molar-refractivity contribution is 9.10. The molecule has 1 fully saturated rings. The highest BCUT2D eigenvalue weighted by Gasteiger charge is 2.57. The van der Waals surface area contributed by atoms with Crippen molar-refractivity contribution in [2.75, 3.05) is 9.91 Å². The van der Waals surface area contributed by atoms with Gasteiger partial charge in [0.1, 0.15) is 12.0 Å². The molecular formula is C24H18BrN3O2. The van der Waals surface area contributed by atoms with Crippen LogP contribution in [-0.2, 0) is 9.59 Å². The van der Waals surface area contributed by atoms with Crippen molar-refractivity contribution < 1.29 is 9.59 Å². The lowest BCUT2D eigenvalue weighted by Crippen LogP contribution is -2.39. The molecule has 2 aliphatic rings. The number of benzene rings is 3. The SMILES string of the molecule is Cc1ccc(N2C(=O)[C@@H]3C(c4ccc(Br)cc4)=NN(c4ccccc4)[C@@H]3C2=O)cc1. The average Bonchev–Trinajstić information content (AvgIpc) is 3.27. The number of amides is 2. The molecule has 0 aliphatic carbocycles. The Balaban J connectivity index is 1.63. The molecule has 3 aromatic carbocycles. The molecule has 2 amide bonds. The van der Waals surface area contributed by atoms with E-state index < -0.39 is 12.0 Å². The summed E-state index contributed by atoms with van der Waals surface area (Å²) in [5.41, 5.74) is 3.89. The van der Waals surface area contributed by atoms with E-state index in [2.05, 4.69) is 15.9 Å². The van der Waals surface area contributed by atoms with Gasteiger partial charge in [0.2, 0.25) is 5.91 Å². The quantitative estimate of drug-likeness (QED) is 0.540. The molecule has 0 bridgehead atoms. The second-order valence-electron chi connectivity index (χ2n) is 7.44. The first kappa shape index (κ1) is 18.8. The Hall–Kier alpha value is -3.25. The van der Waals surface area contributed by atoms with Gasteiger partial charge in [0.25, 0.3) is 5.91 Å². The van der Waals surface area contributed by atoms with Crippen LogP contribution in [0.2, 0.25) is 0 Å². The first-order valence-electron chi connectivity index (χ1n) is 9.68. The van der Waals surface area contributed by atoms with Gasteiger partial charge in [-0.3, -0.25) is 14.6 Å². The van der Waals surface area contributed by atoms with Crippen LogP contribution in [0.25, 0.3) is 0 Å². The van der Waals surface area contributed by atoms with E-state index in [0.29, 0.717) is 11.4 Å². The summed E-state index contributed by atoms with van der Waals surface area (Å²) in [6, 6.07) is 23.9. The van der Waals surface area contributed by atoms with Gasteiger partial charge in [-0.1, -0.05) is 64.0 Å². The molecule has 2 heterocycles. The van der Waals surface area contributed by atoms with Gasteiger partial charge in [-0.2, -0.15) is 5.10 Å². The number of imide groups is 1. The first-order chi connectivity index (χ1) is 14.5. The molecule has 5 nitrogen and oxygen atoms in total. The van der Waals surface area contributed by atoms with E-state index in [-0.39, 0.29) is 11.8 Å². The third-order valence-electron chi connectivity index (χ3n) is 5.50. The predicted molar refractivity (Wildman–Crippen MR) is 121 cm³/mol. The molecule has 3 aromatic rings. The largest absolute Gasteiger partial charge is 0.273 e.